The average Bonchev–Trinajstić information content (AvgIpc) is 2.77. The summed E-state index contributed by atoms with van der Waals surface area (Å²) in [7, 11) is 0. The van der Waals surface area contributed by atoms with Gasteiger partial charge in [-0.05, 0) is 37.2 Å². The summed E-state index contributed by atoms with van der Waals surface area (Å²) < 4.78 is 3.62. The number of amides is 1. The quantitative estimate of drug-likeness (QED) is 0.809. The van der Waals surface area contributed by atoms with E-state index in [1.54, 1.807) is 12.3 Å². The third-order valence-electron chi connectivity index (χ3n) is 2.48. The number of aromatic nitrogens is 2. The van der Waals surface area contributed by atoms with Gasteiger partial charge >= 0.3 is 0 Å². The van der Waals surface area contributed by atoms with Crippen LogP contribution in [-0.2, 0) is 0 Å². The number of nitrogens with zero attached hydrogens (tertiary/aromatic N) is 2. The highest BCUT2D eigenvalue weighted by Crippen LogP contribution is 2.15. The first kappa shape index (κ1) is 14.1. The second-order valence-corrected chi connectivity index (χ2v) is 5.51. The van der Waals surface area contributed by atoms with Gasteiger partial charge in [0.2, 0.25) is 0 Å². The molecule has 0 spiro atoms. The number of carbonyl (C=O) groups excluding carboxylic acids is 1. The zero-order valence-corrected chi connectivity index (χ0v) is 11.3. The zero-order valence-electron chi connectivity index (χ0n) is 10.4. The summed E-state index contributed by atoms with van der Waals surface area (Å²) in [4.78, 5) is 11.6. The van der Waals surface area contributed by atoms with Crippen molar-refractivity contribution in [2.75, 3.05) is 6.54 Å². The minimum absolute atomic E-state index is 0.232. The van der Waals surface area contributed by atoms with Gasteiger partial charge in [0.05, 0.1) is 5.60 Å². The molecule has 0 aliphatic heterocycles. The molecule has 1 aromatic rings. The molecule has 17 heavy (non-hydrogen) atoms. The molecule has 1 aromatic heterocycles. The van der Waals surface area contributed by atoms with Crippen molar-refractivity contribution in [1.82, 2.24) is 14.9 Å². The molecule has 1 heterocycles. The smallest absolute Gasteiger partial charge is 0.272 e. The van der Waals surface area contributed by atoms with E-state index in [4.69, 9.17) is 0 Å². The van der Waals surface area contributed by atoms with Gasteiger partial charge in [0.25, 0.3) is 5.91 Å². The third kappa shape index (κ3) is 5.23. The van der Waals surface area contributed by atoms with Gasteiger partial charge < -0.3 is 10.4 Å². The Balaban J connectivity index is 2.36. The van der Waals surface area contributed by atoms with Crippen molar-refractivity contribution < 1.29 is 9.90 Å². The Morgan fingerprint density at radius 2 is 2.35 bits per heavy atom. The Morgan fingerprint density at radius 3 is 2.88 bits per heavy atom. The van der Waals surface area contributed by atoms with E-state index < -0.39 is 5.60 Å². The molecule has 0 bridgehead atoms. The number of nitrogens with one attached hydrogen (secondary N) is 1. The van der Waals surface area contributed by atoms with Crippen LogP contribution in [0.5, 0.6) is 0 Å². The van der Waals surface area contributed by atoms with Gasteiger partial charge in [-0.2, -0.15) is 0 Å². The summed E-state index contributed by atoms with van der Waals surface area (Å²) in [6.07, 6.45) is 1.60. The van der Waals surface area contributed by atoms with E-state index in [2.05, 4.69) is 28.8 Å². The molecule has 0 radical (unpaired) electrons. The summed E-state index contributed by atoms with van der Waals surface area (Å²) in [5.74, 6) is 0.253. The van der Waals surface area contributed by atoms with Crippen LogP contribution in [0.15, 0.2) is 5.38 Å². The largest absolute Gasteiger partial charge is 0.388 e. The van der Waals surface area contributed by atoms with Crippen molar-refractivity contribution in [3.05, 3.63) is 11.1 Å². The van der Waals surface area contributed by atoms with E-state index in [1.165, 1.54) is 0 Å². The van der Waals surface area contributed by atoms with Crippen molar-refractivity contribution in [2.24, 2.45) is 5.92 Å². The fourth-order valence-electron chi connectivity index (χ4n) is 1.31. The topological polar surface area (TPSA) is 75.1 Å². The van der Waals surface area contributed by atoms with Crippen LogP contribution in [-0.4, -0.2) is 32.7 Å². The molecule has 0 aliphatic carbocycles. The maximum absolute atomic E-state index is 11.6. The zero-order chi connectivity index (χ0) is 12.9. The molecular formula is C11H19N3O2S. The molecule has 1 rings (SSSR count). The molecule has 2 N–H and O–H groups in total. The van der Waals surface area contributed by atoms with Crippen LogP contribution in [0.1, 0.15) is 44.1 Å². The fourth-order valence-corrected chi connectivity index (χ4v) is 1.75. The molecule has 0 aromatic carbocycles. The van der Waals surface area contributed by atoms with Gasteiger partial charge in [0.15, 0.2) is 5.69 Å². The molecule has 0 saturated carbocycles. The second kappa shape index (κ2) is 6.07. The highest BCUT2D eigenvalue weighted by atomic mass is 32.1. The van der Waals surface area contributed by atoms with Crippen molar-refractivity contribution >= 4 is 17.4 Å². The van der Waals surface area contributed by atoms with Gasteiger partial charge in [0, 0.05) is 11.9 Å². The van der Waals surface area contributed by atoms with E-state index in [-0.39, 0.29) is 12.5 Å². The van der Waals surface area contributed by atoms with Crippen molar-refractivity contribution in [3.8, 4) is 0 Å². The molecule has 0 aliphatic rings. The van der Waals surface area contributed by atoms with Crippen LogP contribution < -0.4 is 5.32 Å². The molecule has 0 fully saturated rings. The number of hydrogen-bond acceptors (Lipinski definition) is 5. The Labute approximate surface area is 105 Å². The molecule has 1 amide bonds. The maximum Gasteiger partial charge on any atom is 0.272 e. The van der Waals surface area contributed by atoms with E-state index in [0.717, 1.165) is 18.0 Å². The van der Waals surface area contributed by atoms with Crippen molar-refractivity contribution in [3.63, 3.8) is 0 Å². The maximum atomic E-state index is 11.6. The van der Waals surface area contributed by atoms with Crippen LogP contribution in [0.25, 0.3) is 0 Å². The van der Waals surface area contributed by atoms with Gasteiger partial charge in [-0.25, -0.2) is 0 Å². The third-order valence-corrected chi connectivity index (χ3v) is 2.99. The van der Waals surface area contributed by atoms with Crippen LogP contribution in [0.4, 0.5) is 0 Å². The first-order valence-corrected chi connectivity index (χ1v) is 6.52. The Morgan fingerprint density at radius 1 is 1.65 bits per heavy atom. The van der Waals surface area contributed by atoms with E-state index in [0.29, 0.717) is 18.0 Å². The summed E-state index contributed by atoms with van der Waals surface area (Å²) in [6, 6.07) is 0. The second-order valence-electron chi connectivity index (χ2n) is 4.90. The van der Waals surface area contributed by atoms with Crippen molar-refractivity contribution in [2.45, 2.75) is 39.2 Å². The van der Waals surface area contributed by atoms with Crippen LogP contribution >= 0.6 is 11.5 Å². The monoisotopic (exact) mass is 257 g/mol. The number of aliphatic hydroxyl groups is 1. The lowest BCUT2D eigenvalue weighted by atomic mass is 9.95. The first-order chi connectivity index (χ1) is 7.91. The highest BCUT2D eigenvalue weighted by Gasteiger charge is 2.22. The standard InChI is InChI=1S/C11H19N3O2S/c1-8(2)4-5-11(3,16)7-12-10(15)9-6-17-14-13-9/h6,8,16H,4-5,7H2,1-3H3,(H,12,15). The van der Waals surface area contributed by atoms with Gasteiger partial charge in [-0.1, -0.05) is 18.3 Å². The van der Waals surface area contributed by atoms with E-state index >= 15 is 0 Å². The number of carbonyl (C=O) groups is 1. The normalized spacial score (nSPS) is 14.6. The predicted molar refractivity (Wildman–Crippen MR) is 66.9 cm³/mol. The summed E-state index contributed by atoms with van der Waals surface area (Å²) in [6.45, 7) is 6.18. The van der Waals surface area contributed by atoms with E-state index in [9.17, 15) is 9.90 Å². The summed E-state index contributed by atoms with van der Waals surface area (Å²) in [5.41, 5.74) is -0.571. The lowest BCUT2D eigenvalue weighted by Crippen LogP contribution is -2.40. The number of rotatable bonds is 6. The fraction of sp³-hybridized carbons (Fsp3) is 0.727. The summed E-state index contributed by atoms with van der Waals surface area (Å²) in [5, 5.41) is 18.0. The lowest BCUT2D eigenvalue weighted by Gasteiger charge is -2.24. The molecule has 0 saturated heterocycles. The Hall–Kier alpha value is -1.01. The van der Waals surface area contributed by atoms with Crippen LogP contribution in [0, 0.1) is 5.92 Å². The van der Waals surface area contributed by atoms with E-state index in [1.807, 2.05) is 0 Å². The van der Waals surface area contributed by atoms with Gasteiger partial charge in [-0.3, -0.25) is 4.79 Å². The lowest BCUT2D eigenvalue weighted by molar-refractivity contribution is 0.0428. The molecule has 5 nitrogen and oxygen atoms in total. The van der Waals surface area contributed by atoms with Crippen LogP contribution in [0.2, 0.25) is 0 Å². The SMILES string of the molecule is CC(C)CCC(C)(O)CNC(=O)c1csnn1. The van der Waals surface area contributed by atoms with Crippen LogP contribution in [0.3, 0.4) is 0 Å². The highest BCUT2D eigenvalue weighted by molar-refractivity contribution is 7.03. The molecule has 96 valence electrons. The molecule has 1 atom stereocenters. The van der Waals surface area contributed by atoms with Gasteiger partial charge in [-0.15, -0.1) is 5.10 Å². The van der Waals surface area contributed by atoms with Gasteiger partial charge in [0.1, 0.15) is 0 Å². The summed E-state index contributed by atoms with van der Waals surface area (Å²) >= 11 is 1.13. The number of hydrogen-bond donors (Lipinski definition) is 2. The minimum atomic E-state index is -0.872. The average molecular weight is 257 g/mol. The minimum Gasteiger partial charge on any atom is -0.388 e. The molecule has 1 unspecified atom stereocenters. The molecule has 6 heteroatoms. The van der Waals surface area contributed by atoms with Crippen molar-refractivity contribution in [1.29, 1.82) is 0 Å². The first-order valence-electron chi connectivity index (χ1n) is 5.68. The Bertz CT molecular complexity index is 350. The molecular weight excluding hydrogens is 238 g/mol. The Kier molecular flexibility index (Phi) is 5.02. The predicted octanol–water partition coefficient (Wildman–Crippen LogP) is 1.46.